The number of nitrogens with one attached hydrogen (secondary N) is 2. The van der Waals surface area contributed by atoms with Gasteiger partial charge in [0, 0.05) is 32.6 Å². The standard InChI is InChI=1S/C21H37N5O2/c1-7-22-21(23-14-13-20(27)26(8-2)9-3)24-16-19(25(4)5)17-11-10-12-18(15-17)28-6/h10-12,15,19H,7-9,13-14,16H2,1-6H3,(H2,22,23,24). The Kier molecular flexibility index (Phi) is 11.0. The van der Waals surface area contributed by atoms with Crippen molar-refractivity contribution in [3.8, 4) is 5.75 Å². The molecular formula is C21H37N5O2. The number of likely N-dealkylation sites (N-methyl/N-ethyl adjacent to an activating group) is 1. The number of hydrogen-bond acceptors (Lipinski definition) is 4. The average molecular weight is 392 g/mol. The van der Waals surface area contributed by atoms with Gasteiger partial charge in [0.15, 0.2) is 5.96 Å². The molecule has 1 rings (SSSR count). The largest absolute Gasteiger partial charge is 0.497 e. The molecule has 0 aliphatic rings. The number of hydrogen-bond donors (Lipinski definition) is 2. The van der Waals surface area contributed by atoms with E-state index in [9.17, 15) is 4.79 Å². The highest BCUT2D eigenvalue weighted by Gasteiger charge is 2.15. The third-order valence-corrected chi connectivity index (χ3v) is 4.62. The first-order valence-corrected chi connectivity index (χ1v) is 10.1. The van der Waals surface area contributed by atoms with Gasteiger partial charge >= 0.3 is 0 Å². The zero-order chi connectivity index (χ0) is 20.9. The lowest BCUT2D eigenvalue weighted by atomic mass is 10.1. The summed E-state index contributed by atoms with van der Waals surface area (Å²) < 4.78 is 5.35. The quantitative estimate of drug-likeness (QED) is 0.447. The maximum Gasteiger partial charge on any atom is 0.224 e. The van der Waals surface area contributed by atoms with Crippen LogP contribution in [-0.2, 0) is 4.79 Å². The molecule has 0 saturated heterocycles. The molecule has 7 nitrogen and oxygen atoms in total. The van der Waals surface area contributed by atoms with Crippen molar-refractivity contribution in [3.05, 3.63) is 29.8 Å². The van der Waals surface area contributed by atoms with Gasteiger partial charge in [-0.3, -0.25) is 9.79 Å². The second-order valence-electron chi connectivity index (χ2n) is 6.72. The second kappa shape index (κ2) is 13.0. The maximum atomic E-state index is 12.2. The van der Waals surface area contributed by atoms with Crippen molar-refractivity contribution in [2.75, 3.05) is 53.9 Å². The number of guanidine groups is 1. The molecule has 1 amide bonds. The molecule has 1 aromatic carbocycles. The van der Waals surface area contributed by atoms with Gasteiger partial charge in [0.05, 0.1) is 19.7 Å². The number of carbonyl (C=O) groups is 1. The highest BCUT2D eigenvalue weighted by atomic mass is 16.5. The lowest BCUT2D eigenvalue weighted by Crippen LogP contribution is -2.40. The molecule has 7 heteroatoms. The summed E-state index contributed by atoms with van der Waals surface area (Å²) in [7, 11) is 5.76. The van der Waals surface area contributed by atoms with E-state index < -0.39 is 0 Å². The summed E-state index contributed by atoms with van der Waals surface area (Å²) in [5.41, 5.74) is 1.15. The maximum absolute atomic E-state index is 12.2. The van der Waals surface area contributed by atoms with E-state index in [1.165, 1.54) is 0 Å². The fraction of sp³-hybridized carbons (Fsp3) is 0.619. The molecule has 0 heterocycles. The SMILES string of the molecule is CCNC(=NCC(c1cccc(OC)c1)N(C)C)NCCC(=O)N(CC)CC. The van der Waals surface area contributed by atoms with Gasteiger partial charge in [-0.1, -0.05) is 12.1 Å². The fourth-order valence-electron chi connectivity index (χ4n) is 2.96. The summed E-state index contributed by atoms with van der Waals surface area (Å²) in [6, 6.07) is 8.20. The Morgan fingerprint density at radius 3 is 2.46 bits per heavy atom. The van der Waals surface area contributed by atoms with Crippen molar-refractivity contribution in [1.29, 1.82) is 0 Å². The molecule has 0 aliphatic carbocycles. The predicted molar refractivity (Wildman–Crippen MR) is 116 cm³/mol. The Hall–Kier alpha value is -2.28. The van der Waals surface area contributed by atoms with Crippen molar-refractivity contribution < 1.29 is 9.53 Å². The van der Waals surface area contributed by atoms with E-state index in [-0.39, 0.29) is 11.9 Å². The van der Waals surface area contributed by atoms with Crippen molar-refractivity contribution >= 4 is 11.9 Å². The Labute approximate surface area is 170 Å². The minimum atomic E-state index is 0.128. The van der Waals surface area contributed by atoms with Crippen LogP contribution >= 0.6 is 0 Å². The number of benzene rings is 1. The van der Waals surface area contributed by atoms with Crippen molar-refractivity contribution in [3.63, 3.8) is 0 Å². The molecule has 0 radical (unpaired) electrons. The zero-order valence-corrected chi connectivity index (χ0v) is 18.3. The molecule has 0 bridgehead atoms. The predicted octanol–water partition coefficient (Wildman–Crippen LogP) is 2.11. The third-order valence-electron chi connectivity index (χ3n) is 4.62. The minimum Gasteiger partial charge on any atom is -0.497 e. The van der Waals surface area contributed by atoms with E-state index in [4.69, 9.17) is 9.73 Å². The molecule has 0 aromatic heterocycles. The lowest BCUT2D eigenvalue weighted by Gasteiger charge is -2.24. The summed E-state index contributed by atoms with van der Waals surface area (Å²) in [6.07, 6.45) is 0.457. The topological polar surface area (TPSA) is 69.2 Å². The second-order valence-corrected chi connectivity index (χ2v) is 6.72. The van der Waals surface area contributed by atoms with E-state index in [1.807, 2.05) is 58.0 Å². The van der Waals surface area contributed by atoms with Crippen LogP contribution < -0.4 is 15.4 Å². The Balaban J connectivity index is 2.75. The van der Waals surface area contributed by atoms with E-state index >= 15 is 0 Å². The molecule has 1 atom stereocenters. The number of carbonyl (C=O) groups excluding carboxylic acids is 1. The van der Waals surface area contributed by atoms with Gasteiger partial charge in [0.1, 0.15) is 5.75 Å². The van der Waals surface area contributed by atoms with Gasteiger partial charge in [-0.15, -0.1) is 0 Å². The van der Waals surface area contributed by atoms with E-state index in [1.54, 1.807) is 7.11 Å². The third kappa shape index (κ3) is 7.76. The lowest BCUT2D eigenvalue weighted by molar-refractivity contribution is -0.130. The molecule has 2 N–H and O–H groups in total. The van der Waals surface area contributed by atoms with Crippen LogP contribution in [0.3, 0.4) is 0 Å². The van der Waals surface area contributed by atoms with Gasteiger partial charge in [-0.25, -0.2) is 0 Å². The van der Waals surface area contributed by atoms with Crippen molar-refractivity contribution in [2.45, 2.75) is 33.2 Å². The van der Waals surface area contributed by atoms with Gasteiger partial charge < -0.3 is 25.2 Å². The van der Waals surface area contributed by atoms with Crippen LogP contribution in [0.5, 0.6) is 5.75 Å². The van der Waals surface area contributed by atoms with Crippen LogP contribution in [0.4, 0.5) is 0 Å². The molecular weight excluding hydrogens is 354 g/mol. The molecule has 1 aromatic rings. The normalized spacial score (nSPS) is 12.6. The van der Waals surface area contributed by atoms with Gasteiger partial charge in [-0.2, -0.15) is 0 Å². The highest BCUT2D eigenvalue weighted by molar-refractivity contribution is 5.81. The van der Waals surface area contributed by atoms with Crippen LogP contribution in [0.2, 0.25) is 0 Å². The molecule has 1 unspecified atom stereocenters. The summed E-state index contributed by atoms with van der Waals surface area (Å²) in [4.78, 5) is 20.9. The number of amides is 1. The first kappa shape index (κ1) is 23.8. The summed E-state index contributed by atoms with van der Waals surface area (Å²) in [5, 5.41) is 6.52. The number of aliphatic imine (C=N–C) groups is 1. The van der Waals surface area contributed by atoms with Crippen LogP contribution in [0.25, 0.3) is 0 Å². The van der Waals surface area contributed by atoms with Crippen LogP contribution in [0, 0.1) is 0 Å². The monoisotopic (exact) mass is 391 g/mol. The fourth-order valence-corrected chi connectivity index (χ4v) is 2.96. The van der Waals surface area contributed by atoms with Gasteiger partial charge in [0.25, 0.3) is 0 Å². The molecule has 28 heavy (non-hydrogen) atoms. The summed E-state index contributed by atoms with van der Waals surface area (Å²) in [5.74, 6) is 1.73. The number of nitrogens with zero attached hydrogens (tertiary/aromatic N) is 3. The van der Waals surface area contributed by atoms with Crippen molar-refractivity contribution in [1.82, 2.24) is 20.4 Å². The molecule has 0 spiro atoms. The average Bonchev–Trinajstić information content (AvgIpc) is 2.69. The molecule has 0 fully saturated rings. The van der Waals surface area contributed by atoms with E-state index in [2.05, 4.69) is 21.6 Å². The van der Waals surface area contributed by atoms with Gasteiger partial charge in [-0.05, 0) is 52.6 Å². The Morgan fingerprint density at radius 2 is 1.89 bits per heavy atom. The van der Waals surface area contributed by atoms with Crippen LogP contribution in [-0.4, -0.2) is 75.6 Å². The van der Waals surface area contributed by atoms with E-state index in [0.29, 0.717) is 19.5 Å². The molecule has 0 saturated carbocycles. The smallest absolute Gasteiger partial charge is 0.224 e. The molecule has 0 aliphatic heterocycles. The number of methoxy groups -OCH3 is 1. The number of ether oxygens (including phenoxy) is 1. The Bertz CT molecular complexity index is 615. The Morgan fingerprint density at radius 1 is 1.18 bits per heavy atom. The first-order chi connectivity index (χ1) is 13.5. The highest BCUT2D eigenvalue weighted by Crippen LogP contribution is 2.22. The van der Waals surface area contributed by atoms with Crippen molar-refractivity contribution in [2.24, 2.45) is 4.99 Å². The van der Waals surface area contributed by atoms with Gasteiger partial charge in [0.2, 0.25) is 5.91 Å². The summed E-state index contributed by atoms with van der Waals surface area (Å²) in [6.45, 7) is 9.45. The minimum absolute atomic E-state index is 0.128. The van der Waals surface area contributed by atoms with Crippen LogP contribution in [0.15, 0.2) is 29.3 Å². The number of rotatable bonds is 11. The van der Waals surface area contributed by atoms with Crippen LogP contribution in [0.1, 0.15) is 38.8 Å². The zero-order valence-electron chi connectivity index (χ0n) is 18.3. The molecule has 158 valence electrons. The summed E-state index contributed by atoms with van der Waals surface area (Å²) >= 11 is 0. The van der Waals surface area contributed by atoms with E-state index in [0.717, 1.165) is 36.9 Å². The first-order valence-electron chi connectivity index (χ1n) is 10.1.